The first-order valence-electron chi connectivity index (χ1n) is 8.29. The minimum Gasteiger partial charge on any atom is -0.465 e. The molecule has 2 aromatic rings. The Morgan fingerprint density at radius 2 is 1.72 bits per heavy atom. The summed E-state index contributed by atoms with van der Waals surface area (Å²) in [5.41, 5.74) is 0.846. The number of carbonyl (C=O) groups excluding carboxylic acids is 2. The van der Waals surface area contributed by atoms with E-state index in [1.807, 2.05) is 0 Å². The van der Waals surface area contributed by atoms with Gasteiger partial charge in [0.15, 0.2) is 0 Å². The molecule has 0 amide bonds. The summed E-state index contributed by atoms with van der Waals surface area (Å²) >= 11 is 0. The molecule has 130 valence electrons. The lowest BCUT2D eigenvalue weighted by atomic mass is 10.1. The third-order valence-corrected chi connectivity index (χ3v) is 4.15. The van der Waals surface area contributed by atoms with Crippen LogP contribution in [0.3, 0.4) is 0 Å². The Kier molecular flexibility index (Phi) is 5.28. The average molecular weight is 340 g/mol. The molecule has 0 unspecified atom stereocenters. The van der Waals surface area contributed by atoms with Crippen LogP contribution < -0.4 is 9.64 Å². The molecule has 0 aliphatic carbocycles. The van der Waals surface area contributed by atoms with Gasteiger partial charge in [0.05, 0.1) is 12.7 Å². The van der Waals surface area contributed by atoms with Gasteiger partial charge in [-0.15, -0.1) is 0 Å². The summed E-state index contributed by atoms with van der Waals surface area (Å²) in [7, 11) is 1.32. The highest BCUT2D eigenvalue weighted by molar-refractivity contribution is 5.96. The highest BCUT2D eigenvalue weighted by Gasteiger charge is 2.21. The van der Waals surface area contributed by atoms with Crippen LogP contribution in [-0.2, 0) is 4.74 Å². The van der Waals surface area contributed by atoms with Crippen LogP contribution in [0.2, 0.25) is 0 Å². The zero-order valence-electron chi connectivity index (χ0n) is 14.1. The number of anilines is 1. The second-order valence-electron chi connectivity index (χ2n) is 5.83. The molecule has 0 atom stereocenters. The number of nitrogens with zero attached hydrogens (tertiary/aromatic N) is 2. The van der Waals surface area contributed by atoms with E-state index >= 15 is 0 Å². The molecule has 2 heterocycles. The van der Waals surface area contributed by atoms with Gasteiger partial charge in [-0.1, -0.05) is 0 Å². The molecule has 1 saturated heterocycles. The van der Waals surface area contributed by atoms with Crippen LogP contribution in [0.15, 0.2) is 42.6 Å². The third-order valence-electron chi connectivity index (χ3n) is 4.15. The fourth-order valence-electron chi connectivity index (χ4n) is 2.85. The van der Waals surface area contributed by atoms with Gasteiger partial charge in [-0.25, -0.2) is 14.6 Å². The number of esters is 2. The van der Waals surface area contributed by atoms with Gasteiger partial charge in [-0.3, -0.25) is 0 Å². The quantitative estimate of drug-likeness (QED) is 0.629. The minimum atomic E-state index is -0.459. The summed E-state index contributed by atoms with van der Waals surface area (Å²) in [6, 6.07) is 9.71. The van der Waals surface area contributed by atoms with Crippen molar-refractivity contribution in [1.82, 2.24) is 4.98 Å². The summed E-state index contributed by atoms with van der Waals surface area (Å²) in [6.45, 7) is 1.79. The van der Waals surface area contributed by atoms with Crippen molar-refractivity contribution in [2.75, 3.05) is 25.1 Å². The molecule has 25 heavy (non-hydrogen) atoms. The first-order valence-corrected chi connectivity index (χ1v) is 8.29. The Hall–Kier alpha value is -2.89. The predicted molar refractivity (Wildman–Crippen MR) is 93.0 cm³/mol. The molecule has 6 nitrogen and oxygen atoms in total. The van der Waals surface area contributed by atoms with Gasteiger partial charge in [0, 0.05) is 19.3 Å². The molecular weight excluding hydrogens is 320 g/mol. The number of carbonyl (C=O) groups is 2. The van der Waals surface area contributed by atoms with Gasteiger partial charge < -0.3 is 14.4 Å². The zero-order chi connectivity index (χ0) is 17.6. The Balaban J connectivity index is 1.76. The summed E-state index contributed by atoms with van der Waals surface area (Å²) in [5, 5.41) is 0. The van der Waals surface area contributed by atoms with Crippen molar-refractivity contribution in [3.8, 4) is 5.75 Å². The van der Waals surface area contributed by atoms with Gasteiger partial charge in [0.2, 0.25) is 0 Å². The average Bonchev–Trinajstić information content (AvgIpc) is 2.68. The Labute approximate surface area is 146 Å². The maximum absolute atomic E-state index is 12.6. The molecule has 3 rings (SSSR count). The fraction of sp³-hybridized carbons (Fsp3) is 0.316. The number of ether oxygens (including phenoxy) is 2. The van der Waals surface area contributed by atoms with E-state index in [0.717, 1.165) is 25.9 Å². The molecule has 1 aliphatic heterocycles. The van der Waals surface area contributed by atoms with E-state index in [1.54, 1.807) is 42.6 Å². The number of methoxy groups -OCH3 is 1. The molecule has 1 fully saturated rings. The number of pyridine rings is 1. The van der Waals surface area contributed by atoms with Gasteiger partial charge in [-0.2, -0.15) is 0 Å². The summed E-state index contributed by atoms with van der Waals surface area (Å²) in [5.74, 6) is 0.140. The van der Waals surface area contributed by atoms with Crippen molar-refractivity contribution in [2.24, 2.45) is 0 Å². The first kappa shape index (κ1) is 17.0. The number of benzene rings is 1. The molecule has 0 saturated carbocycles. The molecule has 0 bridgehead atoms. The van der Waals surface area contributed by atoms with E-state index in [1.165, 1.54) is 13.5 Å². The van der Waals surface area contributed by atoms with Gasteiger partial charge in [-0.05, 0) is 55.7 Å². The van der Waals surface area contributed by atoms with Crippen LogP contribution in [0.5, 0.6) is 5.75 Å². The Morgan fingerprint density at radius 3 is 2.40 bits per heavy atom. The van der Waals surface area contributed by atoms with Crippen molar-refractivity contribution in [2.45, 2.75) is 19.3 Å². The van der Waals surface area contributed by atoms with E-state index in [2.05, 4.69) is 14.6 Å². The smallest absolute Gasteiger partial charge is 0.347 e. The van der Waals surface area contributed by atoms with E-state index in [4.69, 9.17) is 4.74 Å². The maximum Gasteiger partial charge on any atom is 0.347 e. The van der Waals surface area contributed by atoms with Crippen LogP contribution in [0.4, 0.5) is 5.82 Å². The zero-order valence-corrected chi connectivity index (χ0v) is 14.1. The van der Waals surface area contributed by atoms with Crippen LogP contribution in [-0.4, -0.2) is 37.1 Å². The van der Waals surface area contributed by atoms with Gasteiger partial charge in [0.1, 0.15) is 17.1 Å². The van der Waals surface area contributed by atoms with Crippen molar-refractivity contribution in [3.63, 3.8) is 0 Å². The van der Waals surface area contributed by atoms with E-state index in [9.17, 15) is 9.59 Å². The van der Waals surface area contributed by atoms with Crippen molar-refractivity contribution < 1.29 is 19.1 Å². The largest absolute Gasteiger partial charge is 0.465 e. The molecule has 6 heteroatoms. The minimum absolute atomic E-state index is 0.367. The molecule has 1 aromatic carbocycles. The lowest BCUT2D eigenvalue weighted by Crippen LogP contribution is -2.32. The predicted octanol–water partition coefficient (Wildman–Crippen LogP) is 3.08. The van der Waals surface area contributed by atoms with Crippen molar-refractivity contribution >= 4 is 17.8 Å². The number of aromatic nitrogens is 1. The Morgan fingerprint density at radius 1 is 1.00 bits per heavy atom. The van der Waals surface area contributed by atoms with Crippen LogP contribution in [0.25, 0.3) is 0 Å². The standard InChI is InChI=1S/C19H20N2O4/c1-24-18(22)14-7-9-15(10-8-14)25-19(23)16-6-5-11-20-17(16)21-12-3-2-4-13-21/h5-11H,2-4,12-13H2,1H3. The normalized spacial score (nSPS) is 14.0. The highest BCUT2D eigenvalue weighted by Crippen LogP contribution is 2.23. The van der Waals surface area contributed by atoms with Crippen molar-refractivity contribution in [1.29, 1.82) is 0 Å². The summed E-state index contributed by atoms with van der Waals surface area (Å²) in [6.07, 6.45) is 5.08. The first-order chi connectivity index (χ1) is 12.2. The summed E-state index contributed by atoms with van der Waals surface area (Å²) in [4.78, 5) is 30.5. The lowest BCUT2D eigenvalue weighted by Gasteiger charge is -2.28. The number of piperidine rings is 1. The SMILES string of the molecule is COC(=O)c1ccc(OC(=O)c2cccnc2N2CCCCC2)cc1. The topological polar surface area (TPSA) is 68.7 Å². The monoisotopic (exact) mass is 340 g/mol. The maximum atomic E-state index is 12.6. The molecule has 0 N–H and O–H groups in total. The van der Waals surface area contributed by atoms with Crippen LogP contribution in [0, 0.1) is 0 Å². The second kappa shape index (κ2) is 7.79. The molecule has 1 aromatic heterocycles. The lowest BCUT2D eigenvalue weighted by molar-refractivity contribution is 0.0600. The molecule has 0 spiro atoms. The van der Waals surface area contributed by atoms with E-state index in [0.29, 0.717) is 22.7 Å². The molecular formula is C19H20N2O4. The Bertz CT molecular complexity index is 752. The summed E-state index contributed by atoms with van der Waals surface area (Å²) < 4.78 is 10.1. The van der Waals surface area contributed by atoms with Gasteiger partial charge in [0.25, 0.3) is 0 Å². The third kappa shape index (κ3) is 3.96. The molecule has 1 aliphatic rings. The second-order valence-corrected chi connectivity index (χ2v) is 5.83. The van der Waals surface area contributed by atoms with Crippen LogP contribution in [0.1, 0.15) is 40.0 Å². The number of hydrogen-bond acceptors (Lipinski definition) is 6. The number of hydrogen-bond donors (Lipinski definition) is 0. The van der Waals surface area contributed by atoms with E-state index in [-0.39, 0.29) is 0 Å². The molecule has 0 radical (unpaired) electrons. The highest BCUT2D eigenvalue weighted by atomic mass is 16.5. The van der Waals surface area contributed by atoms with Crippen LogP contribution >= 0.6 is 0 Å². The fourth-order valence-corrected chi connectivity index (χ4v) is 2.85. The number of rotatable bonds is 4. The van der Waals surface area contributed by atoms with E-state index < -0.39 is 11.9 Å². The van der Waals surface area contributed by atoms with Gasteiger partial charge >= 0.3 is 11.9 Å². The van der Waals surface area contributed by atoms with Crippen molar-refractivity contribution in [3.05, 3.63) is 53.7 Å².